The Morgan fingerprint density at radius 2 is 1.02 bits per heavy atom. The number of unbranched alkanes of at least 4 members (excludes halogenated alkanes) is 16. The zero-order chi connectivity index (χ0) is 30.4. The summed E-state index contributed by atoms with van der Waals surface area (Å²) in [5.41, 5.74) is 0. The van der Waals surface area contributed by atoms with Crippen molar-refractivity contribution in [3.8, 4) is 5.75 Å². The average molecular weight is 617 g/mol. The molecule has 0 aliphatic carbocycles. The molecule has 9 heteroatoms. The van der Waals surface area contributed by atoms with E-state index < -0.39 is 7.82 Å². The van der Waals surface area contributed by atoms with E-state index in [-0.39, 0.29) is 19.3 Å². The molecule has 0 fully saturated rings. The Hall–Kier alpha value is -0.990. The number of benzene rings is 1. The lowest BCUT2D eigenvalue weighted by Crippen LogP contribution is -2.24. The topological polar surface area (TPSA) is 104 Å². The van der Waals surface area contributed by atoms with E-state index in [0.29, 0.717) is 33.0 Å². The molecule has 42 heavy (non-hydrogen) atoms. The average Bonchev–Trinajstić information content (AvgIpc) is 2.97. The normalized spacial score (nSPS) is 12.5. The zero-order valence-corrected chi connectivity index (χ0v) is 27.3. The second-order valence-electron chi connectivity index (χ2n) is 11.1. The van der Waals surface area contributed by atoms with Gasteiger partial charge in [-0.3, -0.25) is 4.52 Å². The van der Waals surface area contributed by atoms with E-state index in [1.54, 1.807) is 0 Å². The second-order valence-corrected chi connectivity index (χ2v) is 12.4. The van der Waals surface area contributed by atoms with Crippen LogP contribution in [0.15, 0.2) is 30.3 Å². The SMILES string of the molecule is CCCCCCCCCCCCCCCCCCCC(COCCOCCOCCOP(=O)(O)O)Oc1ccccc1. The van der Waals surface area contributed by atoms with Gasteiger partial charge < -0.3 is 28.7 Å². The van der Waals surface area contributed by atoms with Crippen molar-refractivity contribution in [3.05, 3.63) is 30.3 Å². The van der Waals surface area contributed by atoms with Crippen LogP contribution in [0.4, 0.5) is 0 Å². The summed E-state index contributed by atoms with van der Waals surface area (Å²) in [7, 11) is -4.43. The third-order valence-electron chi connectivity index (χ3n) is 7.21. The highest BCUT2D eigenvalue weighted by atomic mass is 31.2. The van der Waals surface area contributed by atoms with Crippen molar-refractivity contribution in [2.45, 2.75) is 129 Å². The van der Waals surface area contributed by atoms with Crippen molar-refractivity contribution in [1.29, 1.82) is 0 Å². The summed E-state index contributed by atoms with van der Waals surface area (Å²) in [6.07, 6.45) is 24.3. The molecule has 0 heterocycles. The highest BCUT2D eigenvalue weighted by Crippen LogP contribution is 2.35. The predicted octanol–water partition coefficient (Wildman–Crippen LogP) is 8.63. The van der Waals surface area contributed by atoms with Crippen LogP contribution in [-0.4, -0.2) is 62.1 Å². The van der Waals surface area contributed by atoms with Crippen molar-refractivity contribution >= 4 is 7.82 Å². The summed E-state index contributed by atoms with van der Waals surface area (Å²) < 4.78 is 37.6. The smallest absolute Gasteiger partial charge is 0.469 e. The maximum Gasteiger partial charge on any atom is 0.469 e. The number of hydrogen-bond donors (Lipinski definition) is 2. The molecule has 1 unspecified atom stereocenters. The van der Waals surface area contributed by atoms with Crippen LogP contribution in [0.3, 0.4) is 0 Å². The number of para-hydroxylation sites is 1. The molecule has 0 aliphatic heterocycles. The molecule has 1 atom stereocenters. The van der Waals surface area contributed by atoms with Crippen molar-refractivity contribution < 1.29 is 37.8 Å². The fourth-order valence-electron chi connectivity index (χ4n) is 4.83. The second kappa shape index (κ2) is 28.8. The van der Waals surface area contributed by atoms with Gasteiger partial charge >= 0.3 is 7.82 Å². The van der Waals surface area contributed by atoms with Crippen LogP contribution in [-0.2, 0) is 23.3 Å². The van der Waals surface area contributed by atoms with Gasteiger partial charge in [-0.2, -0.15) is 0 Å². The molecular weight excluding hydrogens is 555 g/mol. The highest BCUT2D eigenvalue weighted by Gasteiger charge is 2.13. The van der Waals surface area contributed by atoms with Gasteiger partial charge in [0.25, 0.3) is 0 Å². The third-order valence-corrected chi connectivity index (χ3v) is 7.73. The fourth-order valence-corrected chi connectivity index (χ4v) is 5.15. The molecule has 0 aromatic heterocycles. The number of ether oxygens (including phenoxy) is 4. The maximum absolute atomic E-state index is 10.6. The molecule has 8 nitrogen and oxygen atoms in total. The van der Waals surface area contributed by atoms with E-state index >= 15 is 0 Å². The van der Waals surface area contributed by atoms with E-state index in [1.165, 1.54) is 103 Å². The fraction of sp³-hybridized carbons (Fsp3) is 0.818. The minimum atomic E-state index is -4.43. The lowest BCUT2D eigenvalue weighted by molar-refractivity contribution is -0.00956. The van der Waals surface area contributed by atoms with Crippen LogP contribution in [0.1, 0.15) is 122 Å². The molecule has 2 N–H and O–H groups in total. The van der Waals surface area contributed by atoms with Crippen LogP contribution >= 0.6 is 7.82 Å². The van der Waals surface area contributed by atoms with Gasteiger partial charge in [0, 0.05) is 0 Å². The van der Waals surface area contributed by atoms with Gasteiger partial charge in [-0.25, -0.2) is 4.57 Å². The van der Waals surface area contributed by atoms with E-state index in [4.69, 9.17) is 28.7 Å². The Kier molecular flexibility index (Phi) is 26.7. The largest absolute Gasteiger partial charge is 0.488 e. The maximum atomic E-state index is 10.6. The van der Waals surface area contributed by atoms with Gasteiger partial charge in [-0.15, -0.1) is 0 Å². The first-order chi connectivity index (χ1) is 20.5. The minimum Gasteiger partial charge on any atom is -0.488 e. The minimum absolute atomic E-state index is 0.0149. The number of rotatable bonds is 32. The van der Waals surface area contributed by atoms with Crippen LogP contribution in [0.2, 0.25) is 0 Å². The van der Waals surface area contributed by atoms with E-state index in [2.05, 4.69) is 11.4 Å². The Morgan fingerprint density at radius 3 is 1.50 bits per heavy atom. The van der Waals surface area contributed by atoms with E-state index in [9.17, 15) is 4.57 Å². The van der Waals surface area contributed by atoms with Crippen LogP contribution in [0, 0.1) is 0 Å². The predicted molar refractivity (Wildman–Crippen MR) is 170 cm³/mol. The molecule has 1 aromatic carbocycles. The summed E-state index contributed by atoms with van der Waals surface area (Å²) in [5.74, 6) is 0.870. The number of phosphoric acid groups is 1. The lowest BCUT2D eigenvalue weighted by Gasteiger charge is -2.19. The Balaban J connectivity index is 2.01. The third kappa shape index (κ3) is 27.8. The summed E-state index contributed by atoms with van der Waals surface area (Å²) in [6.45, 7) is 4.36. The first kappa shape index (κ1) is 39.0. The lowest BCUT2D eigenvalue weighted by atomic mass is 10.0. The molecule has 1 aromatic rings. The molecule has 0 amide bonds. The van der Waals surface area contributed by atoms with Gasteiger partial charge in [-0.05, 0) is 25.0 Å². The summed E-state index contributed by atoms with van der Waals surface area (Å²) in [5, 5.41) is 0. The van der Waals surface area contributed by atoms with Crippen LogP contribution in [0.25, 0.3) is 0 Å². The molecular formula is C33H61O8P. The summed E-state index contributed by atoms with van der Waals surface area (Å²) >= 11 is 0. The van der Waals surface area contributed by atoms with Gasteiger partial charge in [0.2, 0.25) is 0 Å². The van der Waals surface area contributed by atoms with E-state index in [0.717, 1.165) is 18.6 Å². The van der Waals surface area contributed by atoms with Gasteiger partial charge in [-0.1, -0.05) is 128 Å². The highest BCUT2D eigenvalue weighted by molar-refractivity contribution is 7.46. The molecule has 1 rings (SSSR count). The number of hydrogen-bond acceptors (Lipinski definition) is 6. The van der Waals surface area contributed by atoms with Gasteiger partial charge in [0.1, 0.15) is 11.9 Å². The van der Waals surface area contributed by atoms with Crippen molar-refractivity contribution in [2.75, 3.05) is 46.2 Å². The quantitative estimate of drug-likeness (QED) is 0.0612. The molecule has 0 aliphatic rings. The van der Waals surface area contributed by atoms with Crippen LogP contribution < -0.4 is 4.74 Å². The molecule has 0 saturated heterocycles. The Bertz CT molecular complexity index is 730. The number of phosphoric ester groups is 1. The van der Waals surface area contributed by atoms with Gasteiger partial charge in [0.05, 0.1) is 46.2 Å². The summed E-state index contributed by atoms with van der Waals surface area (Å²) in [6, 6.07) is 9.92. The standard InChI is InChI=1S/C33H61O8P/c1-2-3-4-5-6-7-8-9-10-11-12-13-14-15-16-17-19-24-33(41-32-22-20-18-21-23-32)31-39-28-27-37-25-26-38-29-30-40-42(34,35)36/h18,20-23,33H,2-17,19,24-31H2,1H3,(H2,34,35,36). The first-order valence-electron chi connectivity index (χ1n) is 16.7. The molecule has 0 spiro atoms. The Labute approximate surface area is 256 Å². The Morgan fingerprint density at radius 1 is 0.595 bits per heavy atom. The molecule has 0 saturated carbocycles. The van der Waals surface area contributed by atoms with Crippen molar-refractivity contribution in [1.82, 2.24) is 0 Å². The molecule has 0 radical (unpaired) electrons. The monoisotopic (exact) mass is 616 g/mol. The summed E-state index contributed by atoms with van der Waals surface area (Å²) in [4.78, 5) is 17.2. The van der Waals surface area contributed by atoms with Crippen molar-refractivity contribution in [3.63, 3.8) is 0 Å². The van der Waals surface area contributed by atoms with Crippen LogP contribution in [0.5, 0.6) is 5.75 Å². The van der Waals surface area contributed by atoms with Gasteiger partial charge in [0.15, 0.2) is 0 Å². The first-order valence-corrected chi connectivity index (χ1v) is 18.2. The molecule has 246 valence electrons. The molecule has 0 bridgehead atoms. The van der Waals surface area contributed by atoms with E-state index in [1.807, 2.05) is 30.3 Å². The van der Waals surface area contributed by atoms with Crippen molar-refractivity contribution in [2.24, 2.45) is 0 Å². The zero-order valence-electron chi connectivity index (χ0n) is 26.4.